The van der Waals surface area contributed by atoms with Gasteiger partial charge in [-0.05, 0) is 25.1 Å². The summed E-state index contributed by atoms with van der Waals surface area (Å²) in [5.41, 5.74) is 0.0755. The van der Waals surface area contributed by atoms with E-state index in [-0.39, 0.29) is 17.6 Å². The van der Waals surface area contributed by atoms with Crippen molar-refractivity contribution in [1.29, 1.82) is 0 Å². The Morgan fingerprint density at radius 3 is 2.59 bits per heavy atom. The fourth-order valence-electron chi connectivity index (χ4n) is 2.82. The van der Waals surface area contributed by atoms with E-state index in [0.717, 1.165) is 0 Å². The van der Waals surface area contributed by atoms with Crippen molar-refractivity contribution in [2.45, 2.75) is 27.4 Å². The molecular formula is C18H17Cl3N2O5S. The molecule has 2 aliphatic heterocycles. The number of esters is 1. The number of halogens is 3. The first-order valence-corrected chi connectivity index (χ1v) is 10.6. The highest BCUT2D eigenvalue weighted by Gasteiger charge is 2.54. The average molecular weight is 480 g/mol. The Kier molecular flexibility index (Phi) is 6.88. The van der Waals surface area contributed by atoms with Crippen molar-refractivity contribution in [3.8, 4) is 5.75 Å². The number of benzene rings is 1. The Morgan fingerprint density at radius 2 is 1.93 bits per heavy atom. The van der Waals surface area contributed by atoms with E-state index in [4.69, 9.17) is 44.3 Å². The van der Waals surface area contributed by atoms with Crippen LogP contribution in [-0.4, -0.2) is 56.4 Å². The number of thioether (sulfide) groups is 1. The summed E-state index contributed by atoms with van der Waals surface area (Å²) in [6.45, 7) is 1.19. The summed E-state index contributed by atoms with van der Waals surface area (Å²) in [6, 6.07) is 8.09. The van der Waals surface area contributed by atoms with Crippen LogP contribution in [0, 0.1) is 0 Å². The molecule has 1 aromatic rings. The van der Waals surface area contributed by atoms with Crippen LogP contribution in [0.15, 0.2) is 42.1 Å². The zero-order chi connectivity index (χ0) is 21.2. The second kappa shape index (κ2) is 9.04. The molecule has 0 radical (unpaired) electrons. The number of ether oxygens (including phenoxy) is 2. The number of nitrogens with zero attached hydrogens (tertiary/aromatic N) is 1. The van der Waals surface area contributed by atoms with E-state index >= 15 is 0 Å². The maximum atomic E-state index is 12.6. The minimum Gasteiger partial charge on any atom is -0.484 e. The van der Waals surface area contributed by atoms with Crippen molar-refractivity contribution in [2.24, 2.45) is 0 Å². The lowest BCUT2D eigenvalue weighted by Gasteiger charge is -2.49. The highest BCUT2D eigenvalue weighted by molar-refractivity contribution is 8.00. The molecule has 2 unspecified atom stereocenters. The number of carbonyl (C=O) groups excluding carboxylic acids is 3. The number of amides is 2. The van der Waals surface area contributed by atoms with Crippen LogP contribution >= 0.6 is 46.6 Å². The van der Waals surface area contributed by atoms with E-state index in [1.165, 1.54) is 16.7 Å². The number of hydrogen-bond donors (Lipinski definition) is 1. The molecule has 156 valence electrons. The van der Waals surface area contributed by atoms with Gasteiger partial charge < -0.3 is 14.8 Å². The first-order chi connectivity index (χ1) is 13.7. The summed E-state index contributed by atoms with van der Waals surface area (Å²) in [4.78, 5) is 38.4. The highest BCUT2D eigenvalue weighted by Crippen LogP contribution is 2.41. The fourth-order valence-corrected chi connectivity index (χ4v) is 4.31. The highest BCUT2D eigenvalue weighted by atomic mass is 35.6. The molecule has 0 spiro atoms. The molecule has 2 aliphatic rings. The molecule has 1 N–H and O–H groups in total. The minimum absolute atomic E-state index is 0.0755. The predicted octanol–water partition coefficient (Wildman–Crippen LogP) is 2.65. The van der Waals surface area contributed by atoms with Gasteiger partial charge in [0, 0.05) is 5.25 Å². The van der Waals surface area contributed by atoms with Crippen molar-refractivity contribution < 1.29 is 23.9 Å². The molecule has 3 rings (SSSR count). The van der Waals surface area contributed by atoms with Gasteiger partial charge in [0.05, 0.1) is 0 Å². The maximum absolute atomic E-state index is 12.6. The molecule has 0 saturated carbocycles. The van der Waals surface area contributed by atoms with Gasteiger partial charge in [-0.1, -0.05) is 53.0 Å². The Balaban J connectivity index is 1.58. The second-order valence-electron chi connectivity index (χ2n) is 6.33. The lowest BCUT2D eigenvalue weighted by atomic mass is 10.0. The Hall–Kier alpha value is -1.61. The lowest BCUT2D eigenvalue weighted by molar-refractivity contribution is -0.153. The number of carbonyl (C=O) groups is 3. The molecule has 29 heavy (non-hydrogen) atoms. The van der Waals surface area contributed by atoms with Crippen LogP contribution in [0.4, 0.5) is 0 Å². The summed E-state index contributed by atoms with van der Waals surface area (Å²) in [6.07, 6.45) is 1.61. The van der Waals surface area contributed by atoms with E-state index in [9.17, 15) is 14.4 Å². The molecule has 1 aromatic carbocycles. The molecular weight excluding hydrogens is 463 g/mol. The van der Waals surface area contributed by atoms with Gasteiger partial charge in [0.25, 0.3) is 11.8 Å². The van der Waals surface area contributed by atoms with Gasteiger partial charge in [-0.2, -0.15) is 0 Å². The quantitative estimate of drug-likeness (QED) is 0.384. The molecule has 1 saturated heterocycles. The minimum atomic E-state index is -1.75. The Labute approximate surface area is 186 Å². The van der Waals surface area contributed by atoms with Crippen LogP contribution in [0.25, 0.3) is 0 Å². The van der Waals surface area contributed by atoms with Gasteiger partial charge >= 0.3 is 5.97 Å². The first kappa shape index (κ1) is 22.1. The van der Waals surface area contributed by atoms with Crippen LogP contribution < -0.4 is 10.1 Å². The van der Waals surface area contributed by atoms with Gasteiger partial charge in [-0.15, -0.1) is 11.8 Å². The molecule has 7 nitrogen and oxygen atoms in total. The summed E-state index contributed by atoms with van der Waals surface area (Å²) in [5.74, 6) is -1.07. The van der Waals surface area contributed by atoms with Crippen LogP contribution in [0.1, 0.15) is 6.92 Å². The third kappa shape index (κ3) is 5.51. The fraction of sp³-hybridized carbons (Fsp3) is 0.389. The molecule has 0 bridgehead atoms. The van der Waals surface area contributed by atoms with Gasteiger partial charge in [-0.3, -0.25) is 14.5 Å². The molecule has 0 aliphatic carbocycles. The maximum Gasteiger partial charge on any atom is 0.354 e. The SMILES string of the molecule is CC1C=C(C(=O)OCC(Cl)(Cl)Cl)N2C(=O)C(NC(=O)COc3ccccc3)[C@H]2S1. The number of nitrogens with one attached hydrogen (secondary N) is 1. The monoisotopic (exact) mass is 478 g/mol. The third-order valence-corrected chi connectivity index (χ3v) is 5.71. The number of β-lactam (4-membered cyclic amide) rings is 1. The second-order valence-corrected chi connectivity index (χ2v) is 10.3. The zero-order valence-corrected chi connectivity index (χ0v) is 18.2. The van der Waals surface area contributed by atoms with Crippen LogP contribution in [0.5, 0.6) is 5.75 Å². The summed E-state index contributed by atoms with van der Waals surface area (Å²) >= 11 is 18.2. The summed E-state index contributed by atoms with van der Waals surface area (Å²) in [7, 11) is 0. The number of hydrogen-bond acceptors (Lipinski definition) is 6. The van der Waals surface area contributed by atoms with Crippen LogP contribution in [0.2, 0.25) is 0 Å². The van der Waals surface area contributed by atoms with E-state index in [0.29, 0.717) is 5.75 Å². The number of rotatable bonds is 6. The molecule has 2 amide bonds. The van der Waals surface area contributed by atoms with Gasteiger partial charge in [0.15, 0.2) is 6.61 Å². The molecule has 2 heterocycles. The number of fused-ring (bicyclic) bond motifs is 1. The van der Waals surface area contributed by atoms with E-state index < -0.39 is 39.6 Å². The number of para-hydroxylation sites is 1. The van der Waals surface area contributed by atoms with Gasteiger partial charge in [0.2, 0.25) is 3.79 Å². The molecule has 1 fully saturated rings. The largest absolute Gasteiger partial charge is 0.484 e. The van der Waals surface area contributed by atoms with Crippen molar-refractivity contribution in [1.82, 2.24) is 10.2 Å². The number of alkyl halides is 3. The molecule has 11 heteroatoms. The van der Waals surface area contributed by atoms with E-state index in [2.05, 4.69) is 5.32 Å². The Bertz CT molecular complexity index is 831. The topological polar surface area (TPSA) is 84.9 Å². The standard InChI is InChI=1S/C18H17Cl3N2O5S/c1-10-7-12(17(26)28-9-18(19,20)21)23-15(25)14(16(23)29-10)22-13(24)8-27-11-5-3-2-4-6-11/h2-7,10,14,16H,8-9H2,1H3,(H,22,24)/t10?,14?,16-/m1/s1. The average Bonchev–Trinajstić information content (AvgIpc) is 2.68. The molecule has 0 aromatic heterocycles. The van der Waals surface area contributed by atoms with Crippen molar-refractivity contribution in [2.75, 3.05) is 13.2 Å². The summed E-state index contributed by atoms with van der Waals surface area (Å²) < 4.78 is 8.62. The normalized spacial score (nSPS) is 23.4. The van der Waals surface area contributed by atoms with E-state index in [1.54, 1.807) is 30.3 Å². The third-order valence-electron chi connectivity index (χ3n) is 4.05. The Morgan fingerprint density at radius 1 is 1.24 bits per heavy atom. The predicted molar refractivity (Wildman–Crippen MR) is 111 cm³/mol. The zero-order valence-electron chi connectivity index (χ0n) is 15.1. The van der Waals surface area contributed by atoms with E-state index in [1.807, 2.05) is 13.0 Å². The van der Waals surface area contributed by atoms with Crippen molar-refractivity contribution in [3.63, 3.8) is 0 Å². The van der Waals surface area contributed by atoms with Crippen molar-refractivity contribution in [3.05, 3.63) is 42.1 Å². The van der Waals surface area contributed by atoms with Crippen molar-refractivity contribution >= 4 is 64.3 Å². The summed E-state index contributed by atoms with van der Waals surface area (Å²) in [5, 5.41) is 2.14. The molecule has 3 atom stereocenters. The smallest absolute Gasteiger partial charge is 0.354 e. The van der Waals surface area contributed by atoms with Gasteiger partial charge in [0.1, 0.15) is 29.5 Å². The van der Waals surface area contributed by atoms with Crippen LogP contribution in [0.3, 0.4) is 0 Å². The lowest BCUT2D eigenvalue weighted by Crippen LogP contribution is -2.71. The van der Waals surface area contributed by atoms with Crippen LogP contribution in [-0.2, 0) is 19.1 Å². The first-order valence-electron chi connectivity index (χ1n) is 8.57. The van der Waals surface area contributed by atoms with Gasteiger partial charge in [-0.25, -0.2) is 4.79 Å².